The van der Waals surface area contributed by atoms with Crippen LogP contribution in [-0.4, -0.2) is 20.6 Å². The van der Waals surface area contributed by atoms with Crippen LogP contribution in [0.3, 0.4) is 0 Å². The fraction of sp³-hybridized carbons (Fsp3) is 0.667. The summed E-state index contributed by atoms with van der Waals surface area (Å²) in [7, 11) is 0. The van der Waals surface area contributed by atoms with Gasteiger partial charge in [-0.25, -0.2) is 4.98 Å². The van der Waals surface area contributed by atoms with Gasteiger partial charge in [-0.1, -0.05) is 0 Å². The van der Waals surface area contributed by atoms with Gasteiger partial charge in [-0.15, -0.1) is 0 Å². The highest BCUT2D eigenvalue weighted by Gasteiger charge is 2.34. The maximum Gasteiger partial charge on any atom is 0.313 e. The maximum atomic E-state index is 11.0. The second-order valence-electron chi connectivity index (χ2n) is 5.00. The van der Waals surface area contributed by atoms with Crippen LogP contribution in [0.25, 0.3) is 0 Å². The number of aromatic nitrogens is 2. The molecule has 16 heavy (non-hydrogen) atoms. The highest BCUT2D eigenvalue weighted by molar-refractivity contribution is 5.74. The topological polar surface area (TPSA) is 55.1 Å². The summed E-state index contributed by atoms with van der Waals surface area (Å²) in [5.74, 6) is 0.0691. The van der Waals surface area contributed by atoms with Crippen molar-refractivity contribution < 1.29 is 9.90 Å². The van der Waals surface area contributed by atoms with Crippen molar-refractivity contribution in [3.8, 4) is 0 Å². The Labute approximate surface area is 94.3 Å². The molecule has 0 aromatic carbocycles. The molecule has 0 saturated heterocycles. The molecule has 0 amide bonds. The molecule has 2 fully saturated rings. The largest absolute Gasteiger partial charge is 0.481 e. The summed E-state index contributed by atoms with van der Waals surface area (Å²) < 4.78 is 2.10. The number of carbonyl (C=O) groups is 1. The van der Waals surface area contributed by atoms with Crippen LogP contribution in [0.15, 0.2) is 6.20 Å². The number of aliphatic carboxylic acids is 1. The molecule has 0 spiro atoms. The van der Waals surface area contributed by atoms with Crippen molar-refractivity contribution in [3.05, 3.63) is 17.7 Å². The monoisotopic (exact) mass is 220 g/mol. The maximum absolute atomic E-state index is 11.0. The van der Waals surface area contributed by atoms with Gasteiger partial charge in [0.15, 0.2) is 0 Å². The van der Waals surface area contributed by atoms with E-state index < -0.39 is 11.9 Å². The highest BCUT2D eigenvalue weighted by Crippen LogP contribution is 2.43. The molecule has 0 radical (unpaired) electrons. The van der Waals surface area contributed by atoms with Crippen molar-refractivity contribution in [3.63, 3.8) is 0 Å². The van der Waals surface area contributed by atoms with Gasteiger partial charge >= 0.3 is 5.97 Å². The summed E-state index contributed by atoms with van der Waals surface area (Å²) in [6, 6.07) is 0.511. The Morgan fingerprint density at radius 2 is 2.19 bits per heavy atom. The molecular formula is C12H16N2O2. The van der Waals surface area contributed by atoms with E-state index in [0.717, 1.165) is 11.5 Å². The fourth-order valence-electron chi connectivity index (χ4n) is 2.08. The van der Waals surface area contributed by atoms with Gasteiger partial charge in [-0.05, 0) is 32.6 Å². The van der Waals surface area contributed by atoms with E-state index >= 15 is 0 Å². The third-order valence-corrected chi connectivity index (χ3v) is 3.47. The number of carboxylic acid groups (broad SMARTS) is 1. The van der Waals surface area contributed by atoms with E-state index in [4.69, 9.17) is 5.11 Å². The van der Waals surface area contributed by atoms with Crippen LogP contribution in [0.2, 0.25) is 0 Å². The van der Waals surface area contributed by atoms with Crippen LogP contribution >= 0.6 is 0 Å². The molecule has 3 rings (SSSR count). The lowest BCUT2D eigenvalue weighted by atomic mass is 10.2. The van der Waals surface area contributed by atoms with Gasteiger partial charge in [0.05, 0.1) is 5.69 Å². The second kappa shape index (κ2) is 3.34. The number of nitrogens with zero attached hydrogens (tertiary/aromatic N) is 2. The molecule has 86 valence electrons. The van der Waals surface area contributed by atoms with Crippen molar-refractivity contribution in [2.75, 3.05) is 0 Å². The van der Waals surface area contributed by atoms with E-state index in [2.05, 4.69) is 15.7 Å². The molecule has 4 nitrogen and oxygen atoms in total. The van der Waals surface area contributed by atoms with Crippen molar-refractivity contribution in [2.45, 2.75) is 50.5 Å². The summed E-state index contributed by atoms with van der Waals surface area (Å²) in [6.07, 6.45) is 6.84. The van der Waals surface area contributed by atoms with Gasteiger partial charge < -0.3 is 9.67 Å². The molecule has 1 atom stereocenters. The summed E-state index contributed by atoms with van der Waals surface area (Å²) in [5, 5.41) is 9.07. The van der Waals surface area contributed by atoms with Gasteiger partial charge in [0.25, 0.3) is 0 Å². The molecule has 0 aliphatic heterocycles. The van der Waals surface area contributed by atoms with Gasteiger partial charge in [0.1, 0.15) is 11.7 Å². The smallest absolute Gasteiger partial charge is 0.313 e. The standard InChI is InChI=1S/C12H16N2O2/c1-7(12(15)16)11-13-10(8-2-3-8)6-14(11)9-4-5-9/h6-9H,2-5H2,1H3,(H,15,16). The summed E-state index contributed by atoms with van der Waals surface area (Å²) in [5.41, 5.74) is 1.11. The van der Waals surface area contributed by atoms with E-state index in [1.54, 1.807) is 6.92 Å². The lowest BCUT2D eigenvalue weighted by Crippen LogP contribution is -2.13. The van der Waals surface area contributed by atoms with Crippen molar-refractivity contribution in [1.29, 1.82) is 0 Å². The van der Waals surface area contributed by atoms with E-state index in [0.29, 0.717) is 12.0 Å². The number of hydrogen-bond acceptors (Lipinski definition) is 2. The minimum absolute atomic E-state index is 0.493. The normalized spacial score (nSPS) is 22.1. The second-order valence-corrected chi connectivity index (χ2v) is 5.00. The molecular weight excluding hydrogens is 204 g/mol. The zero-order chi connectivity index (χ0) is 11.3. The molecule has 0 bridgehead atoms. The lowest BCUT2D eigenvalue weighted by molar-refractivity contribution is -0.138. The molecule has 2 aliphatic rings. The Hall–Kier alpha value is -1.32. The van der Waals surface area contributed by atoms with Crippen LogP contribution in [0.1, 0.15) is 62.0 Å². The average Bonchev–Trinajstić information content (AvgIpc) is 3.14. The number of imidazole rings is 1. The van der Waals surface area contributed by atoms with Crippen LogP contribution < -0.4 is 0 Å². The van der Waals surface area contributed by atoms with Crippen molar-refractivity contribution >= 4 is 5.97 Å². The zero-order valence-electron chi connectivity index (χ0n) is 9.39. The van der Waals surface area contributed by atoms with Crippen molar-refractivity contribution in [1.82, 2.24) is 9.55 Å². The van der Waals surface area contributed by atoms with Gasteiger partial charge in [-0.3, -0.25) is 4.79 Å². The first-order valence-electron chi connectivity index (χ1n) is 5.98. The molecule has 2 saturated carbocycles. The van der Waals surface area contributed by atoms with Crippen LogP contribution in [0, 0.1) is 0 Å². The Balaban J connectivity index is 1.96. The first-order chi connectivity index (χ1) is 7.66. The number of rotatable bonds is 4. The van der Waals surface area contributed by atoms with Gasteiger partial charge in [-0.2, -0.15) is 0 Å². The molecule has 1 unspecified atom stereocenters. The third kappa shape index (κ3) is 1.62. The van der Waals surface area contributed by atoms with E-state index in [9.17, 15) is 4.79 Å². The Kier molecular flexibility index (Phi) is 2.06. The quantitative estimate of drug-likeness (QED) is 0.846. The van der Waals surface area contributed by atoms with Gasteiger partial charge in [0, 0.05) is 18.2 Å². The van der Waals surface area contributed by atoms with E-state index in [1.807, 2.05) is 0 Å². The molecule has 1 heterocycles. The average molecular weight is 220 g/mol. The van der Waals surface area contributed by atoms with Crippen LogP contribution in [0.4, 0.5) is 0 Å². The van der Waals surface area contributed by atoms with Gasteiger partial charge in [0.2, 0.25) is 0 Å². The summed E-state index contributed by atoms with van der Waals surface area (Å²) >= 11 is 0. The molecule has 2 aliphatic carbocycles. The first kappa shape index (κ1) is 9.87. The molecule has 1 aromatic heterocycles. The Bertz CT molecular complexity index is 430. The number of hydrogen-bond donors (Lipinski definition) is 1. The first-order valence-corrected chi connectivity index (χ1v) is 5.98. The minimum Gasteiger partial charge on any atom is -0.481 e. The van der Waals surface area contributed by atoms with E-state index in [1.165, 1.54) is 25.7 Å². The molecule has 4 heteroatoms. The predicted molar refractivity (Wildman–Crippen MR) is 58.5 cm³/mol. The van der Waals surface area contributed by atoms with Crippen molar-refractivity contribution in [2.24, 2.45) is 0 Å². The highest BCUT2D eigenvalue weighted by atomic mass is 16.4. The summed E-state index contributed by atoms with van der Waals surface area (Å²) in [4.78, 5) is 15.6. The lowest BCUT2D eigenvalue weighted by Gasteiger charge is -2.08. The Morgan fingerprint density at radius 3 is 2.69 bits per heavy atom. The minimum atomic E-state index is -0.783. The molecule has 1 N–H and O–H groups in total. The SMILES string of the molecule is CC(C(=O)O)c1nc(C2CC2)cn1C1CC1. The Morgan fingerprint density at radius 1 is 1.50 bits per heavy atom. The van der Waals surface area contributed by atoms with Crippen LogP contribution in [0.5, 0.6) is 0 Å². The number of carboxylic acids is 1. The molecule has 1 aromatic rings. The predicted octanol–water partition coefficient (Wildman–Crippen LogP) is 2.28. The third-order valence-electron chi connectivity index (χ3n) is 3.47. The zero-order valence-corrected chi connectivity index (χ0v) is 9.39. The van der Waals surface area contributed by atoms with E-state index in [-0.39, 0.29) is 0 Å². The fourth-order valence-corrected chi connectivity index (χ4v) is 2.08. The van der Waals surface area contributed by atoms with Crippen LogP contribution in [-0.2, 0) is 4.79 Å². The summed E-state index contributed by atoms with van der Waals surface area (Å²) in [6.45, 7) is 1.72.